The summed E-state index contributed by atoms with van der Waals surface area (Å²) in [5, 5.41) is 16.4. The Morgan fingerprint density at radius 1 is 1.05 bits per heavy atom. The van der Waals surface area contributed by atoms with Crippen molar-refractivity contribution < 1.29 is 55.6 Å². The van der Waals surface area contributed by atoms with Crippen molar-refractivity contribution >= 4 is 23.3 Å². The maximum absolute atomic E-state index is 10.6. The maximum Gasteiger partial charge on any atom is 0.490 e. The van der Waals surface area contributed by atoms with Crippen LogP contribution in [0.25, 0.3) is 0 Å². The van der Waals surface area contributed by atoms with Crippen LogP contribution < -0.4 is 0 Å². The van der Waals surface area contributed by atoms with Crippen molar-refractivity contribution in [3.05, 3.63) is 52.5 Å². The van der Waals surface area contributed by atoms with E-state index >= 15 is 0 Å². The number of ether oxygens (including phenoxy) is 2. The highest BCUT2D eigenvalue weighted by atomic mass is 32.1. The molecule has 4 heterocycles. The first kappa shape index (κ1) is 31.5. The number of thiophene rings is 1. The number of pyridine rings is 1. The predicted molar refractivity (Wildman–Crippen MR) is 122 cm³/mol. The van der Waals surface area contributed by atoms with Gasteiger partial charge in [-0.05, 0) is 42.3 Å². The van der Waals surface area contributed by atoms with E-state index in [-0.39, 0.29) is 6.10 Å². The van der Waals surface area contributed by atoms with Crippen molar-refractivity contribution in [2.45, 2.75) is 63.0 Å². The zero-order valence-corrected chi connectivity index (χ0v) is 20.6. The van der Waals surface area contributed by atoms with Gasteiger partial charge in [-0.1, -0.05) is 12.1 Å². The van der Waals surface area contributed by atoms with E-state index in [0.29, 0.717) is 25.4 Å². The molecule has 0 spiro atoms. The number of nitrogens with zero attached hydrogens (tertiary/aromatic N) is 2. The van der Waals surface area contributed by atoms with Gasteiger partial charge in [0.15, 0.2) is 0 Å². The van der Waals surface area contributed by atoms with Gasteiger partial charge in [-0.3, -0.25) is 9.88 Å². The van der Waals surface area contributed by atoms with Crippen molar-refractivity contribution in [1.29, 1.82) is 0 Å². The van der Waals surface area contributed by atoms with Gasteiger partial charge in [-0.15, -0.1) is 11.3 Å². The van der Waals surface area contributed by atoms with Crippen molar-refractivity contribution in [3.63, 3.8) is 0 Å². The number of rotatable bonds is 6. The van der Waals surface area contributed by atoms with Gasteiger partial charge in [0.1, 0.15) is 0 Å². The van der Waals surface area contributed by atoms with Crippen LogP contribution in [-0.4, -0.2) is 75.8 Å². The molecule has 8 nitrogen and oxygen atoms in total. The van der Waals surface area contributed by atoms with Crippen molar-refractivity contribution in [3.8, 4) is 0 Å². The van der Waals surface area contributed by atoms with Gasteiger partial charge >= 0.3 is 24.3 Å². The third-order valence-electron chi connectivity index (χ3n) is 5.47. The SMILES string of the molecule is O=C(O)C(F)(F)F.O=C(O)C(F)(F)F.c1cncc(COC[C@@H]2CC[C@H]3[C@H](CCN3Cc3cccs3)O2)c1. The molecule has 2 N–H and O–H groups in total. The van der Waals surface area contributed by atoms with Gasteiger partial charge in [0, 0.05) is 36.4 Å². The minimum atomic E-state index is -5.08. The van der Waals surface area contributed by atoms with E-state index < -0.39 is 24.3 Å². The van der Waals surface area contributed by atoms with Crippen LogP contribution in [-0.2, 0) is 32.2 Å². The van der Waals surface area contributed by atoms with E-state index in [4.69, 9.17) is 29.3 Å². The van der Waals surface area contributed by atoms with Crippen LogP contribution in [0.2, 0.25) is 0 Å². The average molecular weight is 573 g/mol. The van der Waals surface area contributed by atoms with Crippen LogP contribution in [0.1, 0.15) is 29.7 Å². The summed E-state index contributed by atoms with van der Waals surface area (Å²) >= 11 is 1.85. The third kappa shape index (κ3) is 10.9. The molecular formula is C23H26F6N2O6S. The smallest absolute Gasteiger partial charge is 0.475 e. The number of carboxylic acids is 2. The molecule has 0 aromatic carbocycles. The summed E-state index contributed by atoms with van der Waals surface area (Å²) in [6, 6.07) is 8.95. The van der Waals surface area contributed by atoms with Crippen LogP contribution in [0.15, 0.2) is 42.0 Å². The standard InChI is InChI=1S/C19H24N2O2S.2C2HF3O2/c1-3-15(11-20-8-1)13-22-14-16-5-6-18-19(23-16)7-9-21(18)12-17-4-2-10-24-17;2*3-2(4,5)1(6)7/h1-4,8,10-11,16,18-19H,5-7,9,12-14H2;2*(H,6,7)/t16-,18-,19-;;/m0../s1. The van der Waals surface area contributed by atoms with Gasteiger partial charge in [-0.25, -0.2) is 9.59 Å². The van der Waals surface area contributed by atoms with Crippen LogP contribution in [0.4, 0.5) is 26.3 Å². The number of carboxylic acid groups (broad SMARTS) is 2. The van der Waals surface area contributed by atoms with Gasteiger partial charge in [0.2, 0.25) is 0 Å². The summed E-state index contributed by atoms with van der Waals surface area (Å²) in [5.41, 5.74) is 1.12. The van der Waals surface area contributed by atoms with Crippen LogP contribution in [0, 0.1) is 0 Å². The molecule has 15 heteroatoms. The molecule has 2 aromatic rings. The van der Waals surface area contributed by atoms with Gasteiger partial charge < -0.3 is 19.7 Å². The second-order valence-electron chi connectivity index (χ2n) is 8.26. The molecule has 0 bridgehead atoms. The molecule has 38 heavy (non-hydrogen) atoms. The number of hydrogen-bond donors (Lipinski definition) is 2. The number of halogens is 6. The minimum absolute atomic E-state index is 0.240. The first-order valence-corrected chi connectivity index (χ1v) is 12.1. The number of hydrogen-bond acceptors (Lipinski definition) is 7. The Bertz CT molecular complexity index is 967. The highest BCUT2D eigenvalue weighted by Gasteiger charge is 2.40. The first-order chi connectivity index (χ1) is 17.8. The Morgan fingerprint density at radius 3 is 2.24 bits per heavy atom. The summed E-state index contributed by atoms with van der Waals surface area (Å²) in [5.74, 6) is -5.51. The Morgan fingerprint density at radius 2 is 1.71 bits per heavy atom. The van der Waals surface area contributed by atoms with Crippen LogP contribution in [0.3, 0.4) is 0 Å². The van der Waals surface area contributed by atoms with E-state index in [2.05, 4.69) is 27.4 Å². The molecule has 4 rings (SSSR count). The van der Waals surface area contributed by atoms with Gasteiger partial charge in [-0.2, -0.15) is 26.3 Å². The summed E-state index contributed by atoms with van der Waals surface area (Å²) in [4.78, 5) is 26.0. The lowest BCUT2D eigenvalue weighted by Crippen LogP contribution is -2.43. The fourth-order valence-electron chi connectivity index (χ4n) is 3.80. The first-order valence-electron chi connectivity index (χ1n) is 11.3. The third-order valence-corrected chi connectivity index (χ3v) is 6.33. The summed E-state index contributed by atoms with van der Waals surface area (Å²) < 4.78 is 75.6. The van der Waals surface area contributed by atoms with Gasteiger partial charge in [0.05, 0.1) is 25.4 Å². The van der Waals surface area contributed by atoms with Crippen LogP contribution in [0.5, 0.6) is 0 Å². The molecule has 2 fully saturated rings. The molecule has 0 saturated carbocycles. The topological polar surface area (TPSA) is 109 Å². The Hall–Kier alpha value is -2.75. The average Bonchev–Trinajstić information content (AvgIpc) is 3.50. The zero-order chi connectivity index (χ0) is 28.3. The molecule has 0 radical (unpaired) electrons. The summed E-state index contributed by atoms with van der Waals surface area (Å²) in [6.45, 7) is 3.52. The zero-order valence-electron chi connectivity index (χ0n) is 19.8. The summed E-state index contributed by atoms with van der Waals surface area (Å²) in [7, 11) is 0. The molecule has 0 amide bonds. The molecule has 0 aliphatic carbocycles. The van der Waals surface area contributed by atoms with Gasteiger partial charge in [0.25, 0.3) is 0 Å². The Labute approximate surface area is 217 Å². The molecule has 2 saturated heterocycles. The van der Waals surface area contributed by atoms with E-state index in [1.165, 1.54) is 11.3 Å². The van der Waals surface area contributed by atoms with Crippen LogP contribution >= 0.6 is 11.3 Å². The second-order valence-corrected chi connectivity index (χ2v) is 9.29. The number of aliphatic carboxylic acids is 2. The highest BCUT2D eigenvalue weighted by molar-refractivity contribution is 7.09. The number of likely N-dealkylation sites (tertiary alicyclic amines) is 1. The lowest BCUT2D eigenvalue weighted by atomic mass is 9.99. The molecule has 212 valence electrons. The van der Waals surface area contributed by atoms with E-state index in [1.807, 2.05) is 29.7 Å². The molecule has 2 aliphatic heterocycles. The van der Waals surface area contributed by atoms with Crippen molar-refractivity contribution in [1.82, 2.24) is 9.88 Å². The highest BCUT2D eigenvalue weighted by Crippen LogP contribution is 2.33. The lowest BCUT2D eigenvalue weighted by molar-refractivity contribution is -0.193. The number of carbonyl (C=O) groups is 2. The maximum atomic E-state index is 10.6. The van der Waals surface area contributed by atoms with E-state index in [0.717, 1.165) is 31.5 Å². The molecule has 2 aromatic heterocycles. The quantitative estimate of drug-likeness (QED) is 0.478. The Kier molecular flexibility index (Phi) is 11.9. The van der Waals surface area contributed by atoms with E-state index in [9.17, 15) is 26.3 Å². The summed E-state index contributed by atoms with van der Waals surface area (Å²) in [6.07, 6.45) is -2.44. The number of aromatic nitrogens is 1. The minimum Gasteiger partial charge on any atom is -0.475 e. The van der Waals surface area contributed by atoms with Crippen molar-refractivity contribution in [2.24, 2.45) is 0 Å². The lowest BCUT2D eigenvalue weighted by Gasteiger charge is -2.35. The normalized spacial score (nSPS) is 21.4. The van der Waals surface area contributed by atoms with Crippen molar-refractivity contribution in [2.75, 3.05) is 13.2 Å². The molecule has 2 aliphatic rings. The molecular weight excluding hydrogens is 546 g/mol. The fraction of sp³-hybridized carbons (Fsp3) is 0.522. The number of alkyl halides is 6. The monoisotopic (exact) mass is 572 g/mol. The second kappa shape index (κ2) is 14.4. The van der Waals surface area contributed by atoms with E-state index in [1.54, 1.807) is 6.20 Å². The predicted octanol–water partition coefficient (Wildman–Crippen LogP) is 4.75. The molecule has 0 unspecified atom stereocenters. The Balaban J connectivity index is 0.000000301. The number of fused-ring (bicyclic) bond motifs is 1. The fourth-order valence-corrected chi connectivity index (χ4v) is 4.53. The molecule has 3 atom stereocenters. The largest absolute Gasteiger partial charge is 0.490 e.